The first kappa shape index (κ1) is 20.3. The fraction of sp³-hybridized carbons (Fsp3) is 0.421. The highest BCUT2D eigenvalue weighted by atomic mass is 35.5. The molecule has 8 nitrogen and oxygen atoms in total. The molecule has 2 heterocycles. The van der Waals surface area contributed by atoms with E-state index >= 15 is 0 Å². The molecular weight excluding hydrogens is 378 g/mol. The van der Waals surface area contributed by atoms with Crippen molar-refractivity contribution in [3.63, 3.8) is 0 Å². The molecule has 0 unspecified atom stereocenters. The fourth-order valence-corrected chi connectivity index (χ4v) is 3.52. The number of halogens is 1. The number of nitrogen functional groups attached to an aromatic ring is 1. The number of nitrogens with zero attached hydrogens (tertiary/aromatic N) is 4. The first-order valence-electron chi connectivity index (χ1n) is 9.31. The number of piperazine rings is 1. The normalized spacial score (nSPS) is 14.8. The van der Waals surface area contributed by atoms with Gasteiger partial charge in [0.15, 0.2) is 16.7 Å². The molecule has 1 aliphatic rings. The molecule has 4 N–H and O–H groups in total. The number of benzene rings is 1. The van der Waals surface area contributed by atoms with Crippen LogP contribution in [0.3, 0.4) is 0 Å². The number of nitrogens with two attached hydrogens (primary N) is 1. The van der Waals surface area contributed by atoms with Crippen LogP contribution in [0.5, 0.6) is 0 Å². The Bertz CT molecular complexity index is 866. The number of amides is 1. The lowest BCUT2D eigenvalue weighted by atomic mass is 10.1. The lowest BCUT2D eigenvalue weighted by Crippen LogP contribution is -2.44. The summed E-state index contributed by atoms with van der Waals surface area (Å²) in [6, 6.07) is 6.08. The van der Waals surface area contributed by atoms with E-state index in [1.165, 1.54) is 5.69 Å². The molecule has 1 amide bonds. The number of anilines is 3. The zero-order valence-corrected chi connectivity index (χ0v) is 17.2. The van der Waals surface area contributed by atoms with Gasteiger partial charge in [-0.25, -0.2) is 15.8 Å². The molecule has 1 fully saturated rings. The summed E-state index contributed by atoms with van der Waals surface area (Å²) in [5, 5.41) is 3.42. The van der Waals surface area contributed by atoms with Gasteiger partial charge in [0.05, 0.1) is 5.69 Å². The molecule has 9 heteroatoms. The highest BCUT2D eigenvalue weighted by molar-refractivity contribution is 6.30. The van der Waals surface area contributed by atoms with Crippen LogP contribution in [0.2, 0.25) is 5.15 Å². The summed E-state index contributed by atoms with van der Waals surface area (Å²) in [6.45, 7) is 8.08. The Morgan fingerprint density at radius 1 is 1.25 bits per heavy atom. The summed E-state index contributed by atoms with van der Waals surface area (Å²) in [6.07, 6.45) is 0.565. The van der Waals surface area contributed by atoms with Crippen molar-refractivity contribution >= 4 is 34.7 Å². The van der Waals surface area contributed by atoms with E-state index < -0.39 is 5.91 Å². The van der Waals surface area contributed by atoms with Gasteiger partial charge in [-0.3, -0.25) is 10.2 Å². The van der Waals surface area contributed by atoms with Crippen LogP contribution in [0.15, 0.2) is 18.2 Å². The van der Waals surface area contributed by atoms with E-state index in [0.717, 1.165) is 37.4 Å². The van der Waals surface area contributed by atoms with Crippen molar-refractivity contribution in [3.05, 3.63) is 40.3 Å². The summed E-state index contributed by atoms with van der Waals surface area (Å²) in [4.78, 5) is 25.5. The van der Waals surface area contributed by atoms with Crippen molar-refractivity contribution in [3.8, 4) is 0 Å². The third kappa shape index (κ3) is 4.35. The van der Waals surface area contributed by atoms with Gasteiger partial charge in [0.1, 0.15) is 0 Å². The lowest BCUT2D eigenvalue weighted by molar-refractivity contribution is 0.0949. The summed E-state index contributed by atoms with van der Waals surface area (Å²) in [5.74, 6) is 5.05. The van der Waals surface area contributed by atoms with E-state index in [-0.39, 0.29) is 16.7 Å². The third-order valence-corrected chi connectivity index (χ3v) is 5.21. The van der Waals surface area contributed by atoms with E-state index in [1.54, 1.807) is 0 Å². The standard InChI is InChI=1S/C19H26ClN7O/c1-4-14-17(20)24-18(16(23-14)19(28)25-21)22-13-5-6-15(12(2)11-13)27-9-7-26(3)8-10-27/h5-6,11H,4,7-10,21H2,1-3H3,(H,22,24)(H,25,28). The second-order valence-corrected chi connectivity index (χ2v) is 7.26. The maximum absolute atomic E-state index is 12.1. The monoisotopic (exact) mass is 403 g/mol. The second kappa shape index (κ2) is 8.72. The molecule has 0 aliphatic carbocycles. The molecular formula is C19H26ClN7O. The van der Waals surface area contributed by atoms with E-state index in [9.17, 15) is 4.79 Å². The predicted molar refractivity (Wildman–Crippen MR) is 112 cm³/mol. The Balaban J connectivity index is 1.86. The zero-order valence-electron chi connectivity index (χ0n) is 16.4. The summed E-state index contributed by atoms with van der Waals surface area (Å²) in [5.41, 5.74) is 5.93. The highest BCUT2D eigenvalue weighted by Crippen LogP contribution is 2.28. The molecule has 1 saturated heterocycles. The molecule has 1 aromatic heterocycles. The number of carbonyl (C=O) groups is 1. The van der Waals surface area contributed by atoms with Crippen LogP contribution in [0, 0.1) is 6.92 Å². The minimum atomic E-state index is -0.521. The number of hydrogen-bond donors (Lipinski definition) is 3. The molecule has 28 heavy (non-hydrogen) atoms. The smallest absolute Gasteiger partial charge is 0.287 e. The van der Waals surface area contributed by atoms with Crippen LogP contribution in [0.1, 0.15) is 28.7 Å². The third-order valence-electron chi connectivity index (χ3n) is 4.90. The lowest BCUT2D eigenvalue weighted by Gasteiger charge is -2.35. The van der Waals surface area contributed by atoms with Crippen molar-refractivity contribution in [2.45, 2.75) is 20.3 Å². The van der Waals surface area contributed by atoms with E-state index in [1.807, 2.05) is 19.1 Å². The van der Waals surface area contributed by atoms with Gasteiger partial charge in [-0.2, -0.15) is 0 Å². The molecule has 150 valence electrons. The first-order valence-corrected chi connectivity index (χ1v) is 9.69. The molecule has 0 saturated carbocycles. The van der Waals surface area contributed by atoms with Gasteiger partial charge in [0, 0.05) is 37.6 Å². The van der Waals surface area contributed by atoms with E-state index in [2.05, 4.69) is 50.5 Å². The Hall–Kier alpha value is -2.42. The Morgan fingerprint density at radius 3 is 2.57 bits per heavy atom. The van der Waals surface area contributed by atoms with Crippen molar-refractivity contribution in [1.82, 2.24) is 20.3 Å². The number of hydrogen-bond acceptors (Lipinski definition) is 7. The van der Waals surface area contributed by atoms with Crippen molar-refractivity contribution in [1.29, 1.82) is 0 Å². The highest BCUT2D eigenvalue weighted by Gasteiger charge is 2.19. The molecule has 0 bridgehead atoms. The van der Waals surface area contributed by atoms with Crippen LogP contribution in [-0.4, -0.2) is 54.0 Å². The number of nitrogens with one attached hydrogen (secondary N) is 2. The average molecular weight is 404 g/mol. The minimum Gasteiger partial charge on any atom is -0.369 e. The quantitative estimate of drug-likeness (QED) is 0.399. The fourth-order valence-electron chi connectivity index (χ4n) is 3.26. The van der Waals surface area contributed by atoms with Gasteiger partial charge in [0.2, 0.25) is 0 Å². The van der Waals surface area contributed by atoms with Gasteiger partial charge < -0.3 is 15.1 Å². The predicted octanol–water partition coefficient (Wildman–Crippen LogP) is 2.10. The van der Waals surface area contributed by atoms with Crippen molar-refractivity contribution in [2.24, 2.45) is 5.84 Å². The zero-order chi connectivity index (χ0) is 20.3. The number of aryl methyl sites for hydroxylation is 2. The topological polar surface area (TPSA) is 99.4 Å². The van der Waals surface area contributed by atoms with Crippen molar-refractivity contribution in [2.75, 3.05) is 43.4 Å². The molecule has 2 aromatic rings. The number of aromatic nitrogens is 2. The van der Waals surface area contributed by atoms with E-state index in [0.29, 0.717) is 12.1 Å². The first-order chi connectivity index (χ1) is 13.4. The van der Waals surface area contributed by atoms with Gasteiger partial charge in [-0.05, 0) is 44.2 Å². The van der Waals surface area contributed by atoms with Crippen LogP contribution in [-0.2, 0) is 6.42 Å². The molecule has 0 atom stereocenters. The Labute approximate surface area is 170 Å². The second-order valence-electron chi connectivity index (χ2n) is 6.90. The largest absolute Gasteiger partial charge is 0.369 e. The molecule has 0 spiro atoms. The summed E-state index contributed by atoms with van der Waals surface area (Å²) < 4.78 is 0. The number of hydrazine groups is 1. The van der Waals surface area contributed by atoms with Crippen LogP contribution in [0.25, 0.3) is 0 Å². The van der Waals surface area contributed by atoms with Crippen LogP contribution in [0.4, 0.5) is 17.2 Å². The molecule has 1 aromatic carbocycles. The Morgan fingerprint density at radius 2 is 1.96 bits per heavy atom. The van der Waals surface area contributed by atoms with Crippen LogP contribution < -0.4 is 21.5 Å². The average Bonchev–Trinajstić information content (AvgIpc) is 2.68. The van der Waals surface area contributed by atoms with Gasteiger partial charge in [0.25, 0.3) is 5.91 Å². The Kier molecular flexibility index (Phi) is 6.33. The molecule has 3 rings (SSSR count). The SMILES string of the molecule is CCc1nc(C(=O)NN)c(Nc2ccc(N3CCN(C)CC3)c(C)c2)nc1Cl. The molecule has 0 radical (unpaired) electrons. The maximum Gasteiger partial charge on any atom is 0.287 e. The summed E-state index contributed by atoms with van der Waals surface area (Å²) >= 11 is 6.20. The summed E-state index contributed by atoms with van der Waals surface area (Å²) in [7, 11) is 2.14. The van der Waals surface area contributed by atoms with E-state index in [4.69, 9.17) is 17.4 Å². The molecule has 1 aliphatic heterocycles. The van der Waals surface area contributed by atoms with Crippen LogP contribution >= 0.6 is 11.6 Å². The minimum absolute atomic E-state index is 0.115. The van der Waals surface area contributed by atoms with Gasteiger partial charge >= 0.3 is 0 Å². The number of carbonyl (C=O) groups excluding carboxylic acids is 1. The van der Waals surface area contributed by atoms with Crippen molar-refractivity contribution < 1.29 is 4.79 Å². The van der Waals surface area contributed by atoms with Gasteiger partial charge in [-0.15, -0.1) is 0 Å². The van der Waals surface area contributed by atoms with Gasteiger partial charge in [-0.1, -0.05) is 18.5 Å². The number of likely N-dealkylation sites (N-methyl/N-ethyl adjacent to an activating group) is 1. The number of rotatable bonds is 5. The maximum atomic E-state index is 12.1.